The maximum atomic E-state index is 3.76. The van der Waals surface area contributed by atoms with Crippen LogP contribution in [0.15, 0.2) is 95.5 Å². The Hall–Kier alpha value is -2.64. The van der Waals surface area contributed by atoms with Gasteiger partial charge < -0.3 is 0 Å². The normalized spacial score (nSPS) is 11.4. The van der Waals surface area contributed by atoms with Gasteiger partial charge in [-0.05, 0) is 61.6 Å². The van der Waals surface area contributed by atoms with E-state index < -0.39 is 0 Å². The van der Waals surface area contributed by atoms with Gasteiger partial charge >= 0.3 is 0 Å². The minimum Gasteiger partial charge on any atom is -0.0616 e. The van der Waals surface area contributed by atoms with Crippen LogP contribution in [0.5, 0.6) is 0 Å². The third-order valence-corrected chi connectivity index (χ3v) is 5.55. The van der Waals surface area contributed by atoms with Crippen molar-refractivity contribution in [1.29, 1.82) is 0 Å². The van der Waals surface area contributed by atoms with Gasteiger partial charge in [0.25, 0.3) is 0 Å². The molecule has 0 aliphatic rings. The Morgan fingerprint density at radius 3 is 1.80 bits per heavy atom. The molecule has 118 valence electrons. The fourth-order valence-electron chi connectivity index (χ4n) is 3.71. The molecule has 0 N–H and O–H groups in total. The molecule has 0 saturated carbocycles. The smallest absolute Gasteiger partial charge is 0.0259 e. The number of hydrogen-bond acceptors (Lipinski definition) is 0. The van der Waals surface area contributed by atoms with Crippen LogP contribution in [0, 0.1) is 0 Å². The van der Waals surface area contributed by atoms with Crippen molar-refractivity contribution in [1.82, 2.24) is 0 Å². The number of rotatable bonds is 1. The van der Waals surface area contributed by atoms with E-state index >= 15 is 0 Å². The van der Waals surface area contributed by atoms with E-state index in [1.807, 2.05) is 0 Å². The van der Waals surface area contributed by atoms with Gasteiger partial charge in [0.2, 0.25) is 0 Å². The Morgan fingerprint density at radius 1 is 0.480 bits per heavy atom. The molecule has 5 aromatic carbocycles. The van der Waals surface area contributed by atoms with Crippen molar-refractivity contribution in [3.05, 3.63) is 95.5 Å². The Labute approximate surface area is 154 Å². The molecule has 0 nitrogen and oxygen atoms in total. The molecule has 5 aromatic rings. The molecule has 1 heteroatoms. The summed E-state index contributed by atoms with van der Waals surface area (Å²) in [5.74, 6) is 0. The Morgan fingerprint density at radius 2 is 1.04 bits per heavy atom. The summed E-state index contributed by atoms with van der Waals surface area (Å²) in [4.78, 5) is 0. The van der Waals surface area contributed by atoms with E-state index in [0.29, 0.717) is 0 Å². The summed E-state index contributed by atoms with van der Waals surface area (Å²) >= 11 is 3.76. The van der Waals surface area contributed by atoms with Gasteiger partial charge in [-0.2, -0.15) is 0 Å². The summed E-state index contributed by atoms with van der Waals surface area (Å²) in [5.41, 5.74) is 2.52. The lowest BCUT2D eigenvalue weighted by atomic mass is 9.92. The van der Waals surface area contributed by atoms with E-state index in [2.05, 4.69) is 107 Å². The van der Waals surface area contributed by atoms with Crippen molar-refractivity contribution in [3.63, 3.8) is 0 Å². The summed E-state index contributed by atoms with van der Waals surface area (Å²) in [6.07, 6.45) is 0. The fourth-order valence-corrected chi connectivity index (χ4v) is 4.32. The Kier molecular flexibility index (Phi) is 3.36. The van der Waals surface area contributed by atoms with Gasteiger partial charge in [0.1, 0.15) is 0 Å². The zero-order chi connectivity index (χ0) is 16.8. The zero-order valence-corrected chi connectivity index (χ0v) is 15.1. The van der Waals surface area contributed by atoms with Gasteiger partial charge in [-0.25, -0.2) is 0 Å². The molecule has 0 unspecified atom stereocenters. The molecular formula is C24H15Br. The standard InChI is InChI=1S/C24H15Br/c25-24-15-18(13-16-7-2-4-10-20(16)24)23-14-17-8-1-3-9-19(17)21-11-5-6-12-22(21)23/h1-15H. The molecule has 0 amide bonds. The van der Waals surface area contributed by atoms with Crippen molar-refractivity contribution >= 4 is 48.2 Å². The minimum atomic E-state index is 1.14. The van der Waals surface area contributed by atoms with Crippen LogP contribution in [0.2, 0.25) is 0 Å². The van der Waals surface area contributed by atoms with Crippen molar-refractivity contribution in [3.8, 4) is 11.1 Å². The van der Waals surface area contributed by atoms with Crippen LogP contribution in [0.3, 0.4) is 0 Å². The second-order valence-electron chi connectivity index (χ2n) is 6.37. The van der Waals surface area contributed by atoms with Gasteiger partial charge in [0.05, 0.1) is 0 Å². The minimum absolute atomic E-state index is 1.14. The first kappa shape index (κ1) is 14.7. The third-order valence-electron chi connectivity index (χ3n) is 4.89. The lowest BCUT2D eigenvalue weighted by molar-refractivity contribution is 1.67. The van der Waals surface area contributed by atoms with Gasteiger partial charge in [-0.3, -0.25) is 0 Å². The molecule has 0 atom stereocenters. The quantitative estimate of drug-likeness (QED) is 0.262. The first-order valence-corrected chi connectivity index (χ1v) is 9.20. The number of benzene rings is 5. The molecule has 0 aliphatic heterocycles. The van der Waals surface area contributed by atoms with E-state index in [1.165, 1.54) is 43.4 Å². The molecule has 0 bridgehead atoms. The highest BCUT2D eigenvalue weighted by atomic mass is 79.9. The maximum Gasteiger partial charge on any atom is 0.0259 e. The van der Waals surface area contributed by atoms with Crippen LogP contribution in [0.1, 0.15) is 0 Å². The van der Waals surface area contributed by atoms with Crippen LogP contribution in [0.25, 0.3) is 43.4 Å². The molecule has 0 heterocycles. The van der Waals surface area contributed by atoms with E-state index in [-0.39, 0.29) is 0 Å². The average molecular weight is 383 g/mol. The SMILES string of the molecule is Brc1cc(-c2cc3ccccc3c3ccccc23)cc2ccccc12. The van der Waals surface area contributed by atoms with Gasteiger partial charge in [0, 0.05) is 4.47 Å². The largest absolute Gasteiger partial charge is 0.0616 e. The van der Waals surface area contributed by atoms with Crippen LogP contribution < -0.4 is 0 Å². The molecule has 0 radical (unpaired) electrons. The topological polar surface area (TPSA) is 0 Å². The summed E-state index contributed by atoms with van der Waals surface area (Å²) in [5, 5.41) is 7.69. The average Bonchev–Trinajstić information content (AvgIpc) is 2.67. The highest BCUT2D eigenvalue weighted by Crippen LogP contribution is 2.37. The van der Waals surface area contributed by atoms with Crippen molar-refractivity contribution in [2.24, 2.45) is 0 Å². The Bertz CT molecular complexity index is 1250. The predicted molar refractivity (Wildman–Crippen MR) is 112 cm³/mol. The molecule has 25 heavy (non-hydrogen) atoms. The van der Waals surface area contributed by atoms with E-state index in [1.54, 1.807) is 0 Å². The highest BCUT2D eigenvalue weighted by Gasteiger charge is 2.10. The number of hydrogen-bond donors (Lipinski definition) is 0. The maximum absolute atomic E-state index is 3.76. The second kappa shape index (κ2) is 5.72. The number of halogens is 1. The fraction of sp³-hybridized carbons (Fsp3) is 0. The molecule has 5 rings (SSSR count). The van der Waals surface area contributed by atoms with Crippen molar-refractivity contribution < 1.29 is 0 Å². The highest BCUT2D eigenvalue weighted by molar-refractivity contribution is 9.10. The number of fused-ring (bicyclic) bond motifs is 4. The summed E-state index contributed by atoms with van der Waals surface area (Å²) in [6, 6.07) is 32.6. The van der Waals surface area contributed by atoms with E-state index in [0.717, 1.165) is 4.47 Å². The van der Waals surface area contributed by atoms with E-state index in [4.69, 9.17) is 0 Å². The second-order valence-corrected chi connectivity index (χ2v) is 7.22. The van der Waals surface area contributed by atoms with Gasteiger partial charge in [0.15, 0.2) is 0 Å². The third kappa shape index (κ3) is 2.35. The summed E-state index contributed by atoms with van der Waals surface area (Å²) < 4.78 is 1.14. The first-order valence-electron chi connectivity index (χ1n) is 8.40. The van der Waals surface area contributed by atoms with Crippen LogP contribution >= 0.6 is 15.9 Å². The molecule has 0 aliphatic carbocycles. The van der Waals surface area contributed by atoms with Gasteiger partial charge in [-0.15, -0.1) is 0 Å². The lowest BCUT2D eigenvalue weighted by Gasteiger charge is -2.12. The van der Waals surface area contributed by atoms with Gasteiger partial charge in [-0.1, -0.05) is 88.7 Å². The van der Waals surface area contributed by atoms with Crippen molar-refractivity contribution in [2.45, 2.75) is 0 Å². The summed E-state index contributed by atoms with van der Waals surface area (Å²) in [6.45, 7) is 0. The molecule has 0 spiro atoms. The lowest BCUT2D eigenvalue weighted by Crippen LogP contribution is -1.86. The predicted octanol–water partition coefficient (Wildman–Crippen LogP) is 7.58. The molecule has 0 fully saturated rings. The Balaban J connectivity index is 1.91. The van der Waals surface area contributed by atoms with Crippen LogP contribution in [-0.4, -0.2) is 0 Å². The summed E-state index contributed by atoms with van der Waals surface area (Å²) in [7, 11) is 0. The molecular weight excluding hydrogens is 368 g/mol. The van der Waals surface area contributed by atoms with Crippen LogP contribution in [0.4, 0.5) is 0 Å². The zero-order valence-electron chi connectivity index (χ0n) is 13.5. The molecule has 0 saturated heterocycles. The van der Waals surface area contributed by atoms with Crippen molar-refractivity contribution in [2.75, 3.05) is 0 Å². The van der Waals surface area contributed by atoms with Crippen LogP contribution in [-0.2, 0) is 0 Å². The molecule has 0 aromatic heterocycles. The van der Waals surface area contributed by atoms with E-state index in [9.17, 15) is 0 Å². The monoisotopic (exact) mass is 382 g/mol. The first-order chi connectivity index (χ1) is 12.3.